The standard InChI is InChI=1S/C18H33N3O.2ClH/c1-14-5-4-10-21(12-14)17(2,3)13-20-16(22)15-11-18(15)6-8-19-9-7-18;;/h14-15,19H,4-13H2,1-3H3,(H,20,22);2*1H. The number of piperidine rings is 2. The molecule has 0 aromatic heterocycles. The third-order valence-corrected chi connectivity index (χ3v) is 6.31. The van der Waals surface area contributed by atoms with Gasteiger partial charge in [0.1, 0.15) is 0 Å². The molecule has 2 heterocycles. The molecule has 1 saturated carbocycles. The minimum absolute atomic E-state index is 0. The predicted octanol–water partition coefficient (Wildman–Crippen LogP) is 2.85. The summed E-state index contributed by atoms with van der Waals surface area (Å²) < 4.78 is 0. The molecule has 2 N–H and O–H groups in total. The highest BCUT2D eigenvalue weighted by atomic mass is 35.5. The van der Waals surface area contributed by atoms with Crippen molar-refractivity contribution < 1.29 is 4.79 Å². The van der Waals surface area contributed by atoms with Gasteiger partial charge in [0, 0.05) is 24.5 Å². The van der Waals surface area contributed by atoms with Crippen molar-refractivity contribution in [2.45, 2.75) is 58.4 Å². The maximum Gasteiger partial charge on any atom is 0.223 e. The molecule has 1 aliphatic carbocycles. The van der Waals surface area contributed by atoms with E-state index in [1.807, 2.05) is 0 Å². The van der Waals surface area contributed by atoms with E-state index in [1.54, 1.807) is 0 Å². The molecule has 6 heteroatoms. The van der Waals surface area contributed by atoms with E-state index in [0.717, 1.165) is 32.0 Å². The normalized spacial score (nSPS) is 29.3. The van der Waals surface area contributed by atoms with Crippen LogP contribution < -0.4 is 10.6 Å². The van der Waals surface area contributed by atoms with Gasteiger partial charge in [-0.3, -0.25) is 9.69 Å². The van der Waals surface area contributed by atoms with Gasteiger partial charge in [-0.25, -0.2) is 0 Å². The van der Waals surface area contributed by atoms with Crippen LogP contribution in [0.5, 0.6) is 0 Å². The SMILES string of the molecule is CC1CCCN(C(C)(C)CNC(=O)C2CC23CCNCC3)C1.Cl.Cl. The number of carbonyl (C=O) groups excluding carboxylic acids is 1. The molecule has 2 saturated heterocycles. The van der Waals surface area contributed by atoms with Crippen LogP contribution in [0.25, 0.3) is 0 Å². The van der Waals surface area contributed by atoms with E-state index in [9.17, 15) is 4.79 Å². The van der Waals surface area contributed by atoms with Crippen molar-refractivity contribution in [3.8, 4) is 0 Å². The number of hydrogen-bond donors (Lipinski definition) is 2. The lowest BCUT2D eigenvalue weighted by atomic mass is 9.91. The number of hydrogen-bond acceptors (Lipinski definition) is 3. The molecule has 142 valence electrons. The summed E-state index contributed by atoms with van der Waals surface area (Å²) in [6, 6.07) is 0. The zero-order chi connectivity index (χ0) is 15.8. The molecule has 3 aliphatic rings. The molecule has 2 atom stereocenters. The van der Waals surface area contributed by atoms with Crippen molar-refractivity contribution in [3.05, 3.63) is 0 Å². The van der Waals surface area contributed by atoms with Crippen LogP contribution in [0.15, 0.2) is 0 Å². The van der Waals surface area contributed by atoms with Crippen LogP contribution in [0.4, 0.5) is 0 Å². The number of amides is 1. The second-order valence-corrected chi connectivity index (χ2v) is 8.59. The highest BCUT2D eigenvalue weighted by Crippen LogP contribution is 2.58. The fourth-order valence-electron chi connectivity index (χ4n) is 4.47. The van der Waals surface area contributed by atoms with E-state index < -0.39 is 0 Å². The average Bonchev–Trinajstić information content (AvgIpc) is 3.19. The smallest absolute Gasteiger partial charge is 0.223 e. The largest absolute Gasteiger partial charge is 0.354 e. The Hall–Kier alpha value is -0.0300. The van der Waals surface area contributed by atoms with Crippen LogP contribution >= 0.6 is 24.8 Å². The van der Waals surface area contributed by atoms with Crippen molar-refractivity contribution in [1.29, 1.82) is 0 Å². The molecule has 24 heavy (non-hydrogen) atoms. The van der Waals surface area contributed by atoms with Crippen molar-refractivity contribution in [1.82, 2.24) is 15.5 Å². The summed E-state index contributed by atoms with van der Waals surface area (Å²) in [4.78, 5) is 15.1. The summed E-state index contributed by atoms with van der Waals surface area (Å²) in [6.45, 7) is 12.2. The Labute approximate surface area is 159 Å². The Balaban J connectivity index is 0.00000144. The molecular formula is C18H35Cl2N3O. The second-order valence-electron chi connectivity index (χ2n) is 8.59. The summed E-state index contributed by atoms with van der Waals surface area (Å²) in [6.07, 6.45) is 6.10. The maximum absolute atomic E-state index is 12.5. The Morgan fingerprint density at radius 3 is 2.58 bits per heavy atom. The number of likely N-dealkylation sites (tertiary alicyclic amines) is 1. The molecule has 3 fully saturated rings. The van der Waals surface area contributed by atoms with Gasteiger partial charge in [0.15, 0.2) is 0 Å². The molecule has 0 aromatic carbocycles. The van der Waals surface area contributed by atoms with Gasteiger partial charge < -0.3 is 10.6 Å². The van der Waals surface area contributed by atoms with E-state index in [-0.39, 0.29) is 36.3 Å². The van der Waals surface area contributed by atoms with Gasteiger partial charge in [0.2, 0.25) is 5.91 Å². The number of nitrogens with one attached hydrogen (secondary N) is 2. The zero-order valence-electron chi connectivity index (χ0n) is 15.4. The average molecular weight is 380 g/mol. The van der Waals surface area contributed by atoms with Gasteiger partial charge in [-0.05, 0) is 76.9 Å². The lowest BCUT2D eigenvalue weighted by Crippen LogP contribution is -2.55. The Bertz CT molecular complexity index is 424. The van der Waals surface area contributed by atoms with E-state index in [4.69, 9.17) is 0 Å². The predicted molar refractivity (Wildman–Crippen MR) is 104 cm³/mol. The molecule has 4 nitrogen and oxygen atoms in total. The van der Waals surface area contributed by atoms with Crippen LogP contribution in [0.3, 0.4) is 0 Å². The van der Waals surface area contributed by atoms with Crippen LogP contribution in [0, 0.1) is 17.3 Å². The summed E-state index contributed by atoms with van der Waals surface area (Å²) in [5.74, 6) is 1.37. The first-order valence-electron chi connectivity index (χ1n) is 9.16. The first-order chi connectivity index (χ1) is 10.4. The summed E-state index contributed by atoms with van der Waals surface area (Å²) in [5, 5.41) is 6.67. The molecule has 0 radical (unpaired) electrons. The molecule has 1 spiro atoms. The van der Waals surface area contributed by atoms with E-state index in [2.05, 4.69) is 36.3 Å². The molecule has 1 amide bonds. The highest BCUT2D eigenvalue weighted by molar-refractivity contribution is 5.85. The van der Waals surface area contributed by atoms with Crippen molar-refractivity contribution in [2.24, 2.45) is 17.3 Å². The minimum Gasteiger partial charge on any atom is -0.354 e. The monoisotopic (exact) mass is 379 g/mol. The molecular weight excluding hydrogens is 345 g/mol. The van der Waals surface area contributed by atoms with E-state index in [0.29, 0.717) is 11.3 Å². The van der Waals surface area contributed by atoms with Gasteiger partial charge in [0.05, 0.1) is 0 Å². The molecule has 2 unspecified atom stereocenters. The van der Waals surface area contributed by atoms with E-state index in [1.165, 1.54) is 38.8 Å². The Morgan fingerprint density at radius 1 is 1.29 bits per heavy atom. The number of rotatable bonds is 4. The lowest BCUT2D eigenvalue weighted by Gasteiger charge is -2.43. The fourth-order valence-corrected chi connectivity index (χ4v) is 4.47. The Morgan fingerprint density at radius 2 is 1.96 bits per heavy atom. The molecule has 0 aromatic rings. The van der Waals surface area contributed by atoms with Gasteiger partial charge in [-0.15, -0.1) is 24.8 Å². The summed E-state index contributed by atoms with van der Waals surface area (Å²) >= 11 is 0. The lowest BCUT2D eigenvalue weighted by molar-refractivity contribution is -0.124. The molecule has 3 rings (SSSR count). The Kier molecular flexibility index (Phi) is 7.86. The number of halogens is 2. The van der Waals surface area contributed by atoms with Gasteiger partial charge >= 0.3 is 0 Å². The van der Waals surface area contributed by atoms with Crippen LogP contribution in [0.1, 0.15) is 52.9 Å². The summed E-state index contributed by atoms with van der Waals surface area (Å²) in [7, 11) is 0. The van der Waals surface area contributed by atoms with Crippen molar-refractivity contribution in [2.75, 3.05) is 32.7 Å². The second kappa shape index (κ2) is 8.57. The quantitative estimate of drug-likeness (QED) is 0.788. The van der Waals surface area contributed by atoms with Gasteiger partial charge in [0.25, 0.3) is 0 Å². The fraction of sp³-hybridized carbons (Fsp3) is 0.944. The third-order valence-electron chi connectivity index (χ3n) is 6.31. The first-order valence-corrected chi connectivity index (χ1v) is 9.16. The van der Waals surface area contributed by atoms with E-state index >= 15 is 0 Å². The number of carbonyl (C=O) groups is 1. The van der Waals surface area contributed by atoms with Crippen LogP contribution in [-0.4, -0.2) is 49.1 Å². The van der Waals surface area contributed by atoms with Crippen molar-refractivity contribution >= 4 is 30.7 Å². The third kappa shape index (κ3) is 4.78. The van der Waals surface area contributed by atoms with Crippen LogP contribution in [0.2, 0.25) is 0 Å². The molecule has 2 aliphatic heterocycles. The minimum atomic E-state index is 0. The number of nitrogens with zero attached hydrogens (tertiary/aromatic N) is 1. The molecule has 0 bridgehead atoms. The topological polar surface area (TPSA) is 44.4 Å². The van der Waals surface area contributed by atoms with Crippen molar-refractivity contribution in [3.63, 3.8) is 0 Å². The highest BCUT2D eigenvalue weighted by Gasteiger charge is 2.57. The zero-order valence-corrected chi connectivity index (χ0v) is 17.0. The maximum atomic E-state index is 12.5. The van der Waals surface area contributed by atoms with Gasteiger partial charge in [-0.1, -0.05) is 6.92 Å². The van der Waals surface area contributed by atoms with Gasteiger partial charge in [-0.2, -0.15) is 0 Å². The summed E-state index contributed by atoms with van der Waals surface area (Å²) in [5.41, 5.74) is 0.416. The first kappa shape index (κ1) is 22.0. The van der Waals surface area contributed by atoms with Crippen LogP contribution in [-0.2, 0) is 4.79 Å².